The number of methoxy groups -OCH3 is 1. The SMILES string of the molecule is COc1cc(CNCc2ncnn2C)ccn1. The maximum absolute atomic E-state index is 5.06. The van der Waals surface area contributed by atoms with Crippen molar-refractivity contribution in [3.63, 3.8) is 0 Å². The van der Waals surface area contributed by atoms with Crippen molar-refractivity contribution in [2.75, 3.05) is 7.11 Å². The first-order chi connectivity index (χ1) is 8.29. The lowest BCUT2D eigenvalue weighted by Crippen LogP contribution is -2.16. The lowest BCUT2D eigenvalue weighted by molar-refractivity contribution is 0.397. The highest BCUT2D eigenvalue weighted by molar-refractivity contribution is 5.20. The molecule has 6 heteroatoms. The molecule has 0 aliphatic heterocycles. The smallest absolute Gasteiger partial charge is 0.213 e. The third kappa shape index (κ3) is 3.01. The number of aryl methyl sites for hydroxylation is 1. The normalized spacial score (nSPS) is 10.5. The van der Waals surface area contributed by atoms with Gasteiger partial charge < -0.3 is 10.1 Å². The Kier molecular flexibility index (Phi) is 3.66. The van der Waals surface area contributed by atoms with Gasteiger partial charge in [-0.2, -0.15) is 5.10 Å². The Bertz CT molecular complexity index is 482. The summed E-state index contributed by atoms with van der Waals surface area (Å²) in [4.78, 5) is 8.19. The van der Waals surface area contributed by atoms with Gasteiger partial charge >= 0.3 is 0 Å². The molecule has 17 heavy (non-hydrogen) atoms. The highest BCUT2D eigenvalue weighted by atomic mass is 16.5. The van der Waals surface area contributed by atoms with E-state index in [1.807, 2.05) is 19.2 Å². The molecule has 0 saturated carbocycles. The molecule has 0 bridgehead atoms. The molecule has 0 aromatic carbocycles. The van der Waals surface area contributed by atoms with Crippen molar-refractivity contribution in [3.05, 3.63) is 36.0 Å². The molecule has 0 saturated heterocycles. The summed E-state index contributed by atoms with van der Waals surface area (Å²) >= 11 is 0. The molecular weight excluding hydrogens is 218 g/mol. The van der Waals surface area contributed by atoms with E-state index >= 15 is 0 Å². The number of aromatic nitrogens is 4. The van der Waals surface area contributed by atoms with Gasteiger partial charge in [-0.05, 0) is 11.6 Å². The van der Waals surface area contributed by atoms with Crippen molar-refractivity contribution in [1.29, 1.82) is 0 Å². The number of nitrogens with one attached hydrogen (secondary N) is 1. The van der Waals surface area contributed by atoms with Crippen LogP contribution in [0.2, 0.25) is 0 Å². The first kappa shape index (κ1) is 11.5. The van der Waals surface area contributed by atoms with Crippen molar-refractivity contribution >= 4 is 0 Å². The Balaban J connectivity index is 1.87. The fourth-order valence-electron chi connectivity index (χ4n) is 1.47. The van der Waals surface area contributed by atoms with Gasteiger partial charge in [-0.25, -0.2) is 9.97 Å². The van der Waals surface area contributed by atoms with E-state index in [1.165, 1.54) is 0 Å². The minimum absolute atomic E-state index is 0.628. The third-order valence-electron chi connectivity index (χ3n) is 2.43. The first-order valence-electron chi connectivity index (χ1n) is 5.32. The lowest BCUT2D eigenvalue weighted by atomic mass is 10.2. The average molecular weight is 233 g/mol. The van der Waals surface area contributed by atoms with Crippen LogP contribution in [-0.2, 0) is 20.1 Å². The van der Waals surface area contributed by atoms with Gasteiger partial charge in [0.15, 0.2) is 0 Å². The highest BCUT2D eigenvalue weighted by Gasteiger charge is 2.00. The van der Waals surface area contributed by atoms with Crippen LogP contribution in [0.3, 0.4) is 0 Å². The van der Waals surface area contributed by atoms with Gasteiger partial charge in [-0.1, -0.05) is 0 Å². The first-order valence-corrected chi connectivity index (χ1v) is 5.32. The van der Waals surface area contributed by atoms with Crippen molar-refractivity contribution < 1.29 is 4.74 Å². The van der Waals surface area contributed by atoms with Gasteiger partial charge in [0.05, 0.1) is 13.7 Å². The molecule has 2 aromatic heterocycles. The Morgan fingerprint density at radius 2 is 2.24 bits per heavy atom. The molecule has 90 valence electrons. The quantitative estimate of drug-likeness (QED) is 0.815. The molecule has 0 aliphatic carbocycles. The second kappa shape index (κ2) is 5.40. The molecule has 1 N–H and O–H groups in total. The molecule has 6 nitrogen and oxygen atoms in total. The van der Waals surface area contributed by atoms with Gasteiger partial charge in [0.1, 0.15) is 12.2 Å². The third-order valence-corrected chi connectivity index (χ3v) is 2.43. The number of rotatable bonds is 5. The Labute approximate surface area is 99.7 Å². The topological polar surface area (TPSA) is 64.9 Å². The second-order valence-electron chi connectivity index (χ2n) is 3.61. The zero-order valence-corrected chi connectivity index (χ0v) is 9.92. The van der Waals surface area contributed by atoms with E-state index < -0.39 is 0 Å². The van der Waals surface area contributed by atoms with Crippen LogP contribution in [0.25, 0.3) is 0 Å². The molecule has 0 unspecified atom stereocenters. The molecular formula is C11H15N5O. The van der Waals surface area contributed by atoms with Crippen molar-refractivity contribution in [1.82, 2.24) is 25.1 Å². The Hall–Kier alpha value is -1.95. The average Bonchev–Trinajstić information content (AvgIpc) is 2.76. The molecule has 0 aliphatic rings. The zero-order chi connectivity index (χ0) is 12.1. The van der Waals surface area contributed by atoms with Crippen molar-refractivity contribution in [2.45, 2.75) is 13.1 Å². The second-order valence-corrected chi connectivity index (χ2v) is 3.61. The summed E-state index contributed by atoms with van der Waals surface area (Å²) in [5.41, 5.74) is 1.12. The van der Waals surface area contributed by atoms with Gasteiger partial charge in [0.25, 0.3) is 0 Å². The van der Waals surface area contributed by atoms with E-state index in [1.54, 1.807) is 24.3 Å². The van der Waals surface area contributed by atoms with Crippen LogP contribution in [0, 0.1) is 0 Å². The van der Waals surface area contributed by atoms with E-state index in [2.05, 4.69) is 20.4 Å². The number of pyridine rings is 1. The van der Waals surface area contributed by atoms with Crippen LogP contribution in [0.15, 0.2) is 24.7 Å². The largest absolute Gasteiger partial charge is 0.481 e. The van der Waals surface area contributed by atoms with Crippen LogP contribution in [-0.4, -0.2) is 26.9 Å². The van der Waals surface area contributed by atoms with Crippen LogP contribution >= 0.6 is 0 Å². The fraction of sp³-hybridized carbons (Fsp3) is 0.364. The molecule has 0 radical (unpaired) electrons. The summed E-state index contributed by atoms with van der Waals surface area (Å²) < 4.78 is 6.81. The summed E-state index contributed by atoms with van der Waals surface area (Å²) in [5, 5.41) is 7.29. The molecule has 2 rings (SSSR count). The van der Waals surface area contributed by atoms with Gasteiger partial charge in [0, 0.05) is 25.9 Å². The predicted molar refractivity (Wildman–Crippen MR) is 62.3 cm³/mol. The van der Waals surface area contributed by atoms with E-state index in [0.29, 0.717) is 12.4 Å². The summed E-state index contributed by atoms with van der Waals surface area (Å²) in [5.74, 6) is 1.54. The molecule has 0 fully saturated rings. The molecule has 0 amide bonds. The number of hydrogen-bond donors (Lipinski definition) is 1. The number of ether oxygens (including phenoxy) is 1. The van der Waals surface area contributed by atoms with Gasteiger partial charge in [0.2, 0.25) is 5.88 Å². The van der Waals surface area contributed by atoms with E-state index in [0.717, 1.165) is 17.9 Å². The van der Waals surface area contributed by atoms with Crippen molar-refractivity contribution in [3.8, 4) is 5.88 Å². The minimum atomic E-state index is 0.628. The standard InChI is InChI=1S/C11H15N5O/c1-16-10(14-8-15-16)7-12-6-9-3-4-13-11(5-9)17-2/h3-5,8,12H,6-7H2,1-2H3. The van der Waals surface area contributed by atoms with Crippen LogP contribution < -0.4 is 10.1 Å². The highest BCUT2D eigenvalue weighted by Crippen LogP contribution is 2.08. The fourth-order valence-corrected chi connectivity index (χ4v) is 1.47. The van der Waals surface area contributed by atoms with Gasteiger partial charge in [-0.3, -0.25) is 4.68 Å². The van der Waals surface area contributed by atoms with E-state index in [9.17, 15) is 0 Å². The van der Waals surface area contributed by atoms with Crippen molar-refractivity contribution in [2.24, 2.45) is 7.05 Å². The monoisotopic (exact) mass is 233 g/mol. The predicted octanol–water partition coefficient (Wildman–Crippen LogP) is 0.508. The minimum Gasteiger partial charge on any atom is -0.481 e. The summed E-state index contributed by atoms with van der Waals surface area (Å²) in [6.07, 6.45) is 3.28. The van der Waals surface area contributed by atoms with E-state index in [-0.39, 0.29) is 0 Å². The molecule has 2 heterocycles. The summed E-state index contributed by atoms with van der Waals surface area (Å²) in [7, 11) is 3.48. The Morgan fingerprint density at radius 1 is 1.35 bits per heavy atom. The van der Waals surface area contributed by atoms with E-state index in [4.69, 9.17) is 4.74 Å². The van der Waals surface area contributed by atoms with Crippen LogP contribution in [0.1, 0.15) is 11.4 Å². The molecule has 0 atom stereocenters. The maximum atomic E-state index is 5.06. The summed E-state index contributed by atoms with van der Waals surface area (Å²) in [6, 6.07) is 3.86. The lowest BCUT2D eigenvalue weighted by Gasteiger charge is -2.05. The van der Waals surface area contributed by atoms with Gasteiger partial charge in [-0.15, -0.1) is 0 Å². The molecule has 2 aromatic rings. The zero-order valence-electron chi connectivity index (χ0n) is 9.92. The number of nitrogens with zero attached hydrogens (tertiary/aromatic N) is 4. The molecule has 0 spiro atoms. The Morgan fingerprint density at radius 3 is 2.94 bits per heavy atom. The van der Waals surface area contributed by atoms with Crippen LogP contribution in [0.5, 0.6) is 5.88 Å². The summed E-state index contributed by atoms with van der Waals surface area (Å²) in [6.45, 7) is 1.42. The maximum Gasteiger partial charge on any atom is 0.213 e. The number of hydrogen-bond acceptors (Lipinski definition) is 5. The van der Waals surface area contributed by atoms with Crippen LogP contribution in [0.4, 0.5) is 0 Å².